The number of anilines is 2. The van der Waals surface area contributed by atoms with Crippen molar-refractivity contribution in [3.63, 3.8) is 0 Å². The van der Waals surface area contributed by atoms with E-state index < -0.39 is 0 Å². The second kappa shape index (κ2) is 6.01. The van der Waals surface area contributed by atoms with Crippen LogP contribution in [0.3, 0.4) is 0 Å². The van der Waals surface area contributed by atoms with E-state index in [0.29, 0.717) is 11.7 Å². The molecule has 0 radical (unpaired) electrons. The first-order chi connectivity index (χ1) is 10.3. The summed E-state index contributed by atoms with van der Waals surface area (Å²) in [5, 5.41) is 3.88. The van der Waals surface area contributed by atoms with Gasteiger partial charge in [0.25, 0.3) is 0 Å². The zero-order valence-corrected chi connectivity index (χ0v) is 12.5. The van der Waals surface area contributed by atoms with Crippen molar-refractivity contribution in [2.24, 2.45) is 0 Å². The second-order valence-electron chi connectivity index (χ2n) is 4.60. The quantitative estimate of drug-likeness (QED) is 0.861. The number of thiocarbonyl (C=S) groups is 1. The Morgan fingerprint density at radius 1 is 1.19 bits per heavy atom. The highest BCUT2D eigenvalue weighted by Gasteiger charge is 2.21. The van der Waals surface area contributed by atoms with Crippen LogP contribution in [-0.2, 0) is 0 Å². The number of ether oxygens (including phenoxy) is 2. The summed E-state index contributed by atoms with van der Waals surface area (Å²) in [5.41, 5.74) is 1.84. The van der Waals surface area contributed by atoms with Gasteiger partial charge in [0.1, 0.15) is 18.1 Å². The number of rotatable bonds is 2. The predicted octanol–water partition coefficient (Wildman–Crippen LogP) is 3.29. The van der Waals surface area contributed by atoms with Crippen molar-refractivity contribution in [1.29, 1.82) is 0 Å². The number of hydrogen-bond acceptors (Lipinski definition) is 3. The van der Waals surface area contributed by atoms with Crippen LogP contribution in [0.4, 0.5) is 11.4 Å². The van der Waals surface area contributed by atoms with Gasteiger partial charge in [-0.1, -0.05) is 24.3 Å². The maximum Gasteiger partial charge on any atom is 0.178 e. The second-order valence-corrected chi connectivity index (χ2v) is 4.98. The van der Waals surface area contributed by atoms with Gasteiger partial charge >= 0.3 is 0 Å². The number of para-hydroxylation sites is 4. The van der Waals surface area contributed by atoms with Gasteiger partial charge in [0.05, 0.1) is 25.0 Å². The first kappa shape index (κ1) is 13.7. The lowest BCUT2D eigenvalue weighted by molar-refractivity contribution is 0.315. The summed E-state index contributed by atoms with van der Waals surface area (Å²) in [4.78, 5) is 2.04. The van der Waals surface area contributed by atoms with Crippen molar-refractivity contribution >= 4 is 28.7 Å². The van der Waals surface area contributed by atoms with E-state index in [1.165, 1.54) is 0 Å². The Labute approximate surface area is 129 Å². The Morgan fingerprint density at radius 3 is 2.81 bits per heavy atom. The van der Waals surface area contributed by atoms with Crippen LogP contribution in [0, 0.1) is 0 Å². The van der Waals surface area contributed by atoms with E-state index in [9.17, 15) is 0 Å². The van der Waals surface area contributed by atoms with Crippen LogP contribution in [0.5, 0.6) is 11.5 Å². The topological polar surface area (TPSA) is 33.7 Å². The van der Waals surface area contributed by atoms with Gasteiger partial charge in [-0.2, -0.15) is 0 Å². The summed E-state index contributed by atoms with van der Waals surface area (Å²) in [7, 11) is 1.65. The van der Waals surface area contributed by atoms with Crippen LogP contribution in [0.25, 0.3) is 0 Å². The van der Waals surface area contributed by atoms with Crippen LogP contribution >= 0.6 is 12.2 Å². The van der Waals surface area contributed by atoms with Gasteiger partial charge in [-0.25, -0.2) is 0 Å². The fourth-order valence-electron chi connectivity index (χ4n) is 2.31. The van der Waals surface area contributed by atoms with Gasteiger partial charge < -0.3 is 19.7 Å². The molecule has 2 aromatic carbocycles. The Morgan fingerprint density at radius 2 is 1.95 bits per heavy atom. The predicted molar refractivity (Wildman–Crippen MR) is 88.5 cm³/mol. The molecule has 0 atom stereocenters. The highest BCUT2D eigenvalue weighted by Crippen LogP contribution is 2.32. The van der Waals surface area contributed by atoms with Crippen LogP contribution < -0.4 is 19.7 Å². The van der Waals surface area contributed by atoms with Gasteiger partial charge in [-0.3, -0.25) is 0 Å². The number of nitrogens with one attached hydrogen (secondary N) is 1. The van der Waals surface area contributed by atoms with Crippen molar-refractivity contribution < 1.29 is 9.47 Å². The zero-order chi connectivity index (χ0) is 14.7. The van der Waals surface area contributed by atoms with Gasteiger partial charge in [0.15, 0.2) is 5.11 Å². The lowest BCUT2D eigenvalue weighted by Crippen LogP contribution is -2.40. The van der Waals surface area contributed by atoms with E-state index in [0.717, 1.165) is 29.4 Å². The normalized spacial score (nSPS) is 13.1. The molecule has 108 valence electrons. The molecular formula is C16H16N2O2S. The Kier molecular flexibility index (Phi) is 3.92. The fourth-order valence-corrected chi connectivity index (χ4v) is 2.61. The molecule has 0 unspecified atom stereocenters. The van der Waals surface area contributed by atoms with Crippen molar-refractivity contribution in [2.45, 2.75) is 0 Å². The molecule has 0 aromatic heterocycles. The largest absolute Gasteiger partial charge is 0.495 e. The molecule has 0 amide bonds. The van der Waals surface area contributed by atoms with Gasteiger partial charge in [-0.15, -0.1) is 0 Å². The van der Waals surface area contributed by atoms with E-state index in [1.54, 1.807) is 7.11 Å². The Hall–Kier alpha value is -2.27. The van der Waals surface area contributed by atoms with E-state index in [2.05, 4.69) is 5.32 Å². The summed E-state index contributed by atoms with van der Waals surface area (Å²) in [6.45, 7) is 1.34. The minimum absolute atomic E-state index is 0.616. The third kappa shape index (κ3) is 2.78. The average molecular weight is 300 g/mol. The zero-order valence-electron chi connectivity index (χ0n) is 11.7. The van der Waals surface area contributed by atoms with Crippen LogP contribution in [0.15, 0.2) is 48.5 Å². The maximum absolute atomic E-state index is 5.65. The van der Waals surface area contributed by atoms with Crippen molar-refractivity contribution in [2.75, 3.05) is 30.5 Å². The fraction of sp³-hybridized carbons (Fsp3) is 0.188. The Balaban J connectivity index is 1.84. The van der Waals surface area contributed by atoms with Crippen LogP contribution in [0.2, 0.25) is 0 Å². The standard InChI is InChI=1S/C16H16N2O2S/c1-19-14-8-4-2-6-12(14)17-16(21)18-10-11-20-15-9-5-3-7-13(15)18/h2-9H,10-11H2,1H3,(H,17,21). The molecule has 1 aliphatic rings. The molecule has 0 saturated carbocycles. The van der Waals surface area contributed by atoms with Gasteiger partial charge in [0.2, 0.25) is 0 Å². The smallest absolute Gasteiger partial charge is 0.178 e. The minimum Gasteiger partial charge on any atom is -0.495 e. The van der Waals surface area contributed by atoms with Crippen molar-refractivity contribution in [3.8, 4) is 11.5 Å². The third-order valence-electron chi connectivity index (χ3n) is 3.32. The summed E-state index contributed by atoms with van der Waals surface area (Å²) < 4.78 is 11.0. The maximum atomic E-state index is 5.65. The van der Waals surface area contributed by atoms with E-state index >= 15 is 0 Å². The molecule has 4 nitrogen and oxygen atoms in total. The monoisotopic (exact) mass is 300 g/mol. The molecule has 1 heterocycles. The number of hydrogen-bond donors (Lipinski definition) is 1. The molecule has 0 saturated heterocycles. The molecule has 3 rings (SSSR count). The molecule has 5 heteroatoms. The number of nitrogens with zero attached hydrogens (tertiary/aromatic N) is 1. The molecular weight excluding hydrogens is 284 g/mol. The average Bonchev–Trinajstić information content (AvgIpc) is 2.54. The third-order valence-corrected chi connectivity index (χ3v) is 3.64. The molecule has 0 fully saturated rings. The molecule has 0 bridgehead atoms. The number of methoxy groups -OCH3 is 1. The summed E-state index contributed by atoms with van der Waals surface area (Å²) in [5.74, 6) is 1.62. The summed E-state index contributed by atoms with van der Waals surface area (Å²) >= 11 is 5.54. The summed E-state index contributed by atoms with van der Waals surface area (Å²) in [6, 6.07) is 15.6. The molecule has 0 aliphatic carbocycles. The number of benzene rings is 2. The first-order valence-corrected chi connectivity index (χ1v) is 7.14. The van der Waals surface area contributed by atoms with Crippen LogP contribution in [0.1, 0.15) is 0 Å². The highest BCUT2D eigenvalue weighted by molar-refractivity contribution is 7.80. The molecule has 1 aliphatic heterocycles. The van der Waals surface area contributed by atoms with E-state index in [4.69, 9.17) is 21.7 Å². The minimum atomic E-state index is 0.616. The lowest BCUT2D eigenvalue weighted by atomic mass is 10.2. The Bertz CT molecular complexity index is 660. The van der Waals surface area contributed by atoms with E-state index in [-0.39, 0.29) is 0 Å². The van der Waals surface area contributed by atoms with Crippen LogP contribution in [-0.4, -0.2) is 25.4 Å². The highest BCUT2D eigenvalue weighted by atomic mass is 32.1. The lowest BCUT2D eigenvalue weighted by Gasteiger charge is -2.31. The molecule has 21 heavy (non-hydrogen) atoms. The van der Waals surface area contributed by atoms with E-state index in [1.807, 2.05) is 53.4 Å². The molecule has 1 N–H and O–H groups in total. The molecule has 2 aromatic rings. The summed E-state index contributed by atoms with van der Waals surface area (Å²) in [6.07, 6.45) is 0. The first-order valence-electron chi connectivity index (χ1n) is 6.73. The SMILES string of the molecule is COc1ccccc1NC(=S)N1CCOc2ccccc21. The van der Waals surface area contributed by atoms with Crippen molar-refractivity contribution in [1.82, 2.24) is 0 Å². The van der Waals surface area contributed by atoms with Crippen molar-refractivity contribution in [3.05, 3.63) is 48.5 Å². The van der Waals surface area contributed by atoms with Gasteiger partial charge in [0, 0.05) is 0 Å². The van der Waals surface area contributed by atoms with Gasteiger partial charge in [-0.05, 0) is 36.5 Å². The number of fused-ring (bicyclic) bond motifs is 1. The molecule has 0 spiro atoms.